The summed E-state index contributed by atoms with van der Waals surface area (Å²) in [6.07, 6.45) is 5.16. The topological polar surface area (TPSA) is 75.9 Å². The molecule has 0 aromatic carbocycles. The minimum atomic E-state index is 0.130. The normalized spacial score (nSPS) is 16.9. The molecule has 5 rings (SSSR count). The number of pyridine rings is 1. The van der Waals surface area contributed by atoms with E-state index in [4.69, 9.17) is 14.7 Å². The molecule has 0 bridgehead atoms. The molecule has 0 spiro atoms. The summed E-state index contributed by atoms with van der Waals surface area (Å²) in [5.74, 6) is 2.19. The van der Waals surface area contributed by atoms with Gasteiger partial charge in [-0.1, -0.05) is 0 Å². The Morgan fingerprint density at radius 1 is 1.29 bits per heavy atom. The molecule has 148 valence electrons. The van der Waals surface area contributed by atoms with Gasteiger partial charge in [-0.2, -0.15) is 0 Å². The molecular formula is C20H26N5O2S+. The minimum absolute atomic E-state index is 0.130. The predicted octanol–water partition coefficient (Wildman–Crippen LogP) is 1.80. The molecule has 8 heteroatoms. The van der Waals surface area contributed by atoms with E-state index in [1.807, 2.05) is 0 Å². The summed E-state index contributed by atoms with van der Waals surface area (Å²) in [7, 11) is 0. The molecular weight excluding hydrogens is 374 g/mol. The van der Waals surface area contributed by atoms with Gasteiger partial charge in [-0.05, 0) is 37.3 Å². The van der Waals surface area contributed by atoms with Crippen molar-refractivity contribution in [1.29, 1.82) is 0 Å². The quantitative estimate of drug-likeness (QED) is 0.704. The van der Waals surface area contributed by atoms with Crippen LogP contribution in [0, 0.1) is 0 Å². The lowest BCUT2D eigenvalue weighted by molar-refractivity contribution is -0.366. The fourth-order valence-electron chi connectivity index (χ4n) is 4.52. The Hall–Kier alpha value is -2.03. The van der Waals surface area contributed by atoms with Crippen molar-refractivity contribution in [2.24, 2.45) is 0 Å². The first kappa shape index (κ1) is 18.0. The lowest BCUT2D eigenvalue weighted by Crippen LogP contribution is -2.37. The third-order valence-corrected chi connectivity index (χ3v) is 6.93. The molecule has 28 heavy (non-hydrogen) atoms. The summed E-state index contributed by atoms with van der Waals surface area (Å²) < 4.78 is 6.68. The fraction of sp³-hybridized carbons (Fsp3) is 0.550. The van der Waals surface area contributed by atoms with Crippen LogP contribution in [0.15, 0.2) is 6.33 Å². The summed E-state index contributed by atoms with van der Waals surface area (Å²) in [4.78, 5) is 18.8. The number of hydrogen-bond acceptors (Lipinski definition) is 7. The number of likely N-dealkylation sites (N-methyl/N-ethyl adjacent to an activating group) is 1. The van der Waals surface area contributed by atoms with Crippen LogP contribution in [0.25, 0.3) is 20.4 Å². The SMILES string of the molecule is CCN(CCO)c1[nH+]cnc2c1sc1nc(N3CCOCC3)c3c(c12)CCC3. The number of ether oxygens (including phenoxy) is 1. The minimum Gasteiger partial charge on any atom is -0.393 e. The number of nitrogens with zero attached hydrogens (tertiary/aromatic N) is 4. The first-order chi connectivity index (χ1) is 13.8. The smallest absolute Gasteiger partial charge is 0.242 e. The van der Waals surface area contributed by atoms with Crippen molar-refractivity contribution in [3.8, 4) is 0 Å². The molecule has 1 aliphatic heterocycles. The van der Waals surface area contributed by atoms with Gasteiger partial charge < -0.3 is 14.7 Å². The van der Waals surface area contributed by atoms with Crippen LogP contribution in [0.4, 0.5) is 11.6 Å². The van der Waals surface area contributed by atoms with E-state index in [-0.39, 0.29) is 6.61 Å². The highest BCUT2D eigenvalue weighted by Crippen LogP contribution is 2.43. The van der Waals surface area contributed by atoms with E-state index in [2.05, 4.69) is 21.7 Å². The van der Waals surface area contributed by atoms with E-state index in [9.17, 15) is 5.11 Å². The van der Waals surface area contributed by atoms with Gasteiger partial charge in [0.2, 0.25) is 12.1 Å². The van der Waals surface area contributed by atoms with Gasteiger partial charge >= 0.3 is 0 Å². The summed E-state index contributed by atoms with van der Waals surface area (Å²) in [5, 5.41) is 10.7. The van der Waals surface area contributed by atoms with Gasteiger partial charge in [-0.3, -0.25) is 4.90 Å². The van der Waals surface area contributed by atoms with Gasteiger partial charge in [0.05, 0.1) is 38.3 Å². The third kappa shape index (κ3) is 2.82. The summed E-state index contributed by atoms with van der Waals surface area (Å²) in [6, 6.07) is 0. The van der Waals surface area contributed by atoms with E-state index in [1.165, 1.54) is 22.9 Å². The predicted molar refractivity (Wildman–Crippen MR) is 112 cm³/mol. The molecule has 1 fully saturated rings. The number of anilines is 2. The van der Waals surface area contributed by atoms with Crippen LogP contribution in [0.1, 0.15) is 24.5 Å². The molecule has 0 unspecified atom stereocenters. The number of thiophene rings is 1. The zero-order valence-corrected chi connectivity index (χ0v) is 17.0. The van der Waals surface area contributed by atoms with Gasteiger partial charge in [0.25, 0.3) is 0 Å². The van der Waals surface area contributed by atoms with E-state index in [0.29, 0.717) is 6.54 Å². The molecule has 7 nitrogen and oxygen atoms in total. The Kier molecular flexibility index (Phi) is 4.78. The summed E-state index contributed by atoms with van der Waals surface area (Å²) in [6.45, 7) is 7.03. The lowest BCUT2D eigenvalue weighted by atomic mass is 10.1. The summed E-state index contributed by atoms with van der Waals surface area (Å²) in [5.41, 5.74) is 3.89. The summed E-state index contributed by atoms with van der Waals surface area (Å²) >= 11 is 1.72. The molecule has 3 aromatic heterocycles. The number of aryl methyl sites for hydroxylation is 1. The van der Waals surface area contributed by atoms with Crippen molar-refractivity contribution in [2.75, 3.05) is 55.8 Å². The average molecular weight is 401 g/mol. The van der Waals surface area contributed by atoms with Crippen molar-refractivity contribution in [3.05, 3.63) is 17.5 Å². The Morgan fingerprint density at radius 2 is 2.11 bits per heavy atom. The van der Waals surface area contributed by atoms with Gasteiger partial charge in [-0.25, -0.2) is 9.97 Å². The van der Waals surface area contributed by atoms with Crippen LogP contribution in [-0.4, -0.2) is 61.1 Å². The number of aromatic amines is 1. The number of morpholine rings is 1. The molecule has 0 atom stereocenters. The highest BCUT2D eigenvalue weighted by atomic mass is 32.1. The van der Waals surface area contributed by atoms with Gasteiger partial charge in [-0.15, -0.1) is 16.3 Å². The molecule has 3 aromatic rings. The number of rotatable bonds is 5. The molecule has 2 N–H and O–H groups in total. The Balaban J connectivity index is 1.73. The van der Waals surface area contributed by atoms with Crippen LogP contribution in [-0.2, 0) is 17.6 Å². The first-order valence-corrected chi connectivity index (χ1v) is 11.0. The van der Waals surface area contributed by atoms with Crippen molar-refractivity contribution in [2.45, 2.75) is 26.2 Å². The number of fused-ring (bicyclic) bond motifs is 5. The number of aliphatic hydroxyl groups is 1. The number of aromatic nitrogens is 3. The molecule has 0 amide bonds. The fourth-order valence-corrected chi connectivity index (χ4v) is 5.70. The number of nitrogens with one attached hydrogen (secondary N) is 1. The standard InChI is InChI=1S/C20H25N5O2S/c1-2-24(6-9-26)19-17-16(21-12-22-19)15-13-4-3-5-14(13)18(23-20(15)28-17)25-7-10-27-11-8-25/h12,26H,2-11H2,1H3/p+1. The van der Waals surface area contributed by atoms with Crippen molar-refractivity contribution >= 4 is 43.4 Å². The van der Waals surface area contributed by atoms with Crippen molar-refractivity contribution in [3.63, 3.8) is 0 Å². The van der Waals surface area contributed by atoms with Crippen LogP contribution in [0.5, 0.6) is 0 Å². The molecule has 0 radical (unpaired) electrons. The van der Waals surface area contributed by atoms with E-state index in [1.54, 1.807) is 17.7 Å². The Labute approximate surface area is 168 Å². The number of hydrogen-bond donors (Lipinski definition) is 1. The third-order valence-electron chi connectivity index (χ3n) is 5.85. The number of aliphatic hydroxyl groups excluding tert-OH is 1. The van der Waals surface area contributed by atoms with Crippen molar-refractivity contribution in [1.82, 2.24) is 9.97 Å². The van der Waals surface area contributed by atoms with Crippen LogP contribution in [0.2, 0.25) is 0 Å². The maximum atomic E-state index is 9.45. The van der Waals surface area contributed by atoms with E-state index in [0.717, 1.165) is 72.4 Å². The van der Waals surface area contributed by atoms with E-state index >= 15 is 0 Å². The van der Waals surface area contributed by atoms with Crippen LogP contribution in [0.3, 0.4) is 0 Å². The van der Waals surface area contributed by atoms with E-state index < -0.39 is 0 Å². The molecule has 4 heterocycles. The Bertz CT molecular complexity index is 1010. The van der Waals surface area contributed by atoms with Gasteiger partial charge in [0, 0.05) is 13.1 Å². The lowest BCUT2D eigenvalue weighted by Gasteiger charge is -2.29. The first-order valence-electron chi connectivity index (χ1n) is 10.1. The highest BCUT2D eigenvalue weighted by Gasteiger charge is 2.29. The number of H-pyrrole nitrogens is 1. The molecule has 0 saturated carbocycles. The zero-order chi connectivity index (χ0) is 19.1. The zero-order valence-electron chi connectivity index (χ0n) is 16.2. The second kappa shape index (κ2) is 7.42. The van der Waals surface area contributed by atoms with Crippen LogP contribution >= 0.6 is 11.3 Å². The van der Waals surface area contributed by atoms with Crippen LogP contribution < -0.4 is 14.8 Å². The second-order valence-electron chi connectivity index (χ2n) is 7.36. The maximum absolute atomic E-state index is 9.45. The van der Waals surface area contributed by atoms with Gasteiger partial charge in [0.15, 0.2) is 5.52 Å². The molecule has 1 aliphatic carbocycles. The second-order valence-corrected chi connectivity index (χ2v) is 8.36. The van der Waals surface area contributed by atoms with Gasteiger partial charge in [0.1, 0.15) is 15.3 Å². The molecule has 1 saturated heterocycles. The monoisotopic (exact) mass is 400 g/mol. The average Bonchev–Trinajstić information content (AvgIpc) is 3.36. The molecule has 2 aliphatic rings. The largest absolute Gasteiger partial charge is 0.393 e. The van der Waals surface area contributed by atoms with Crippen molar-refractivity contribution < 1.29 is 14.8 Å². The maximum Gasteiger partial charge on any atom is 0.242 e. The highest BCUT2D eigenvalue weighted by molar-refractivity contribution is 7.26. The Morgan fingerprint density at radius 3 is 2.89 bits per heavy atom.